The van der Waals surface area contributed by atoms with Crippen LogP contribution in [0, 0.1) is 0 Å². The fraction of sp³-hybridized carbons (Fsp3) is 0.0667. The third-order valence-electron chi connectivity index (χ3n) is 2.45. The van der Waals surface area contributed by atoms with E-state index in [2.05, 4.69) is 73.3 Å². The van der Waals surface area contributed by atoms with Gasteiger partial charge in [-0.1, -0.05) is 0 Å². The van der Waals surface area contributed by atoms with Crippen LogP contribution < -0.4 is 7.02 Å². The summed E-state index contributed by atoms with van der Waals surface area (Å²) in [5.41, 5.74) is 0. The first-order valence-electron chi connectivity index (χ1n) is 5.40. The normalized spacial score (nSPS) is 10.3. The Hall–Kier alpha value is -1.00. The van der Waals surface area contributed by atoms with E-state index in [4.69, 9.17) is 0 Å². The van der Waals surface area contributed by atoms with Gasteiger partial charge in [-0.15, -0.1) is 0 Å². The van der Waals surface area contributed by atoms with Gasteiger partial charge < -0.3 is 0 Å². The quantitative estimate of drug-likeness (QED) is 0.600. The minimum absolute atomic E-state index is 1.16. The van der Waals surface area contributed by atoms with Gasteiger partial charge in [0.25, 0.3) is 0 Å². The van der Waals surface area contributed by atoms with E-state index in [1.54, 1.807) is 0 Å². The molecule has 2 rings (SSSR count). The number of hydrogen-bond acceptors (Lipinski definition) is 0. The van der Waals surface area contributed by atoms with Crippen LogP contribution in [0.15, 0.2) is 73.3 Å². The van der Waals surface area contributed by atoms with Crippen LogP contribution in [-0.4, -0.2) is 20.2 Å². The Balaban J connectivity index is 2.35. The van der Waals surface area contributed by atoms with Crippen molar-refractivity contribution in [2.45, 2.75) is 4.37 Å². The molecule has 0 saturated heterocycles. The summed E-state index contributed by atoms with van der Waals surface area (Å²) in [4.78, 5) is 0. The van der Waals surface area contributed by atoms with Crippen molar-refractivity contribution in [1.29, 1.82) is 0 Å². The van der Waals surface area contributed by atoms with Crippen LogP contribution in [-0.2, 0) is 0 Å². The van der Waals surface area contributed by atoms with Crippen LogP contribution >= 0.6 is 0 Å². The maximum absolute atomic E-state index is 3.90. The van der Waals surface area contributed by atoms with E-state index in [1.165, 1.54) is 7.02 Å². The molecule has 0 atom stereocenters. The maximum atomic E-state index is 3.90. The average molecular weight is 317 g/mol. The van der Waals surface area contributed by atoms with Crippen LogP contribution in [0.3, 0.4) is 0 Å². The molecule has 0 amide bonds. The summed E-state index contributed by atoms with van der Waals surface area (Å²) >= 11 is -1.55. The van der Waals surface area contributed by atoms with E-state index in [0.29, 0.717) is 0 Å². The van der Waals surface area contributed by atoms with Crippen molar-refractivity contribution in [3.05, 3.63) is 73.3 Å². The Morgan fingerprint density at radius 1 is 0.812 bits per heavy atom. The van der Waals surface area contributed by atoms with Gasteiger partial charge in [0.2, 0.25) is 0 Å². The number of benzene rings is 2. The Labute approximate surface area is 105 Å². The molecule has 0 N–H and O–H groups in total. The van der Waals surface area contributed by atoms with Crippen molar-refractivity contribution in [3.63, 3.8) is 0 Å². The molecular formula is C15H15Sb. The predicted molar refractivity (Wildman–Crippen MR) is 72.9 cm³/mol. The van der Waals surface area contributed by atoms with Crippen LogP contribution in [0.2, 0.25) is 4.37 Å². The van der Waals surface area contributed by atoms with E-state index in [-0.39, 0.29) is 0 Å². The van der Waals surface area contributed by atoms with E-state index < -0.39 is 20.2 Å². The van der Waals surface area contributed by atoms with Crippen molar-refractivity contribution in [2.24, 2.45) is 0 Å². The summed E-state index contributed by atoms with van der Waals surface area (Å²) in [6, 6.07) is 21.8. The van der Waals surface area contributed by atoms with Crippen molar-refractivity contribution in [3.8, 4) is 0 Å². The van der Waals surface area contributed by atoms with E-state index in [1.807, 2.05) is 0 Å². The summed E-state index contributed by atoms with van der Waals surface area (Å²) < 4.78 is 4.24. The molecule has 0 aliphatic heterocycles. The Morgan fingerprint density at radius 2 is 1.25 bits per heavy atom. The minimum atomic E-state index is -1.55. The second-order valence-corrected chi connectivity index (χ2v) is 10.0. The molecule has 0 aromatic heterocycles. The average Bonchev–Trinajstić information content (AvgIpc) is 2.38. The molecule has 0 radical (unpaired) electrons. The van der Waals surface area contributed by atoms with Gasteiger partial charge >= 0.3 is 105 Å². The van der Waals surface area contributed by atoms with Gasteiger partial charge in [-0.3, -0.25) is 0 Å². The van der Waals surface area contributed by atoms with Crippen molar-refractivity contribution < 1.29 is 0 Å². The molecule has 0 heterocycles. The van der Waals surface area contributed by atoms with Crippen molar-refractivity contribution in [2.75, 3.05) is 0 Å². The topological polar surface area (TPSA) is 0 Å². The van der Waals surface area contributed by atoms with Crippen LogP contribution in [0.1, 0.15) is 0 Å². The fourth-order valence-electron chi connectivity index (χ4n) is 1.70. The van der Waals surface area contributed by atoms with Crippen LogP contribution in [0.5, 0.6) is 0 Å². The molecule has 1 heteroatoms. The molecule has 0 aliphatic rings. The van der Waals surface area contributed by atoms with E-state index in [9.17, 15) is 0 Å². The molecule has 0 bridgehead atoms. The zero-order chi connectivity index (χ0) is 11.2. The Bertz CT molecular complexity index is 394. The molecule has 0 saturated carbocycles. The van der Waals surface area contributed by atoms with Gasteiger partial charge in [0.15, 0.2) is 0 Å². The molecule has 16 heavy (non-hydrogen) atoms. The second-order valence-electron chi connectivity index (χ2n) is 3.57. The molecule has 0 aliphatic carbocycles. The molecule has 0 nitrogen and oxygen atoms in total. The Morgan fingerprint density at radius 3 is 1.62 bits per heavy atom. The SMILES string of the molecule is C=C[CH2][Sb]([c]1ccccc1)[c]1ccccc1. The predicted octanol–water partition coefficient (Wildman–Crippen LogP) is 2.48. The van der Waals surface area contributed by atoms with Gasteiger partial charge in [0, 0.05) is 0 Å². The van der Waals surface area contributed by atoms with Crippen molar-refractivity contribution in [1.82, 2.24) is 0 Å². The standard InChI is InChI=1S/2C6H5.C3H5.Sb/c2*1-2-4-6-5-3-1;1-3-2;/h2*1-5H;3H,1-2H2;. The first kappa shape index (κ1) is 11.5. The summed E-state index contributed by atoms with van der Waals surface area (Å²) in [5, 5.41) is 0. The zero-order valence-corrected chi connectivity index (χ0v) is 11.8. The van der Waals surface area contributed by atoms with Crippen molar-refractivity contribution >= 4 is 27.2 Å². The number of allylic oxidation sites excluding steroid dienone is 1. The van der Waals surface area contributed by atoms with Gasteiger partial charge in [0.05, 0.1) is 0 Å². The van der Waals surface area contributed by atoms with Gasteiger partial charge in [-0.2, -0.15) is 0 Å². The molecule has 0 unspecified atom stereocenters. The van der Waals surface area contributed by atoms with E-state index in [0.717, 1.165) is 4.37 Å². The molecule has 2 aromatic rings. The molecule has 2 aromatic carbocycles. The van der Waals surface area contributed by atoms with Gasteiger partial charge in [0.1, 0.15) is 0 Å². The summed E-state index contributed by atoms with van der Waals surface area (Å²) in [7, 11) is 0. The summed E-state index contributed by atoms with van der Waals surface area (Å²) in [5.74, 6) is 0. The number of hydrogen-bond donors (Lipinski definition) is 0. The third-order valence-corrected chi connectivity index (χ3v) is 9.49. The summed E-state index contributed by atoms with van der Waals surface area (Å²) in [6.45, 7) is 3.90. The summed E-state index contributed by atoms with van der Waals surface area (Å²) in [6.07, 6.45) is 2.07. The Kier molecular flexibility index (Phi) is 4.24. The molecule has 80 valence electrons. The fourth-order valence-corrected chi connectivity index (χ4v) is 7.53. The monoisotopic (exact) mass is 316 g/mol. The van der Waals surface area contributed by atoms with E-state index >= 15 is 0 Å². The van der Waals surface area contributed by atoms with Gasteiger partial charge in [-0.05, 0) is 0 Å². The molecule has 0 spiro atoms. The first-order chi connectivity index (χ1) is 7.92. The molecular weight excluding hydrogens is 302 g/mol. The second kappa shape index (κ2) is 5.91. The first-order valence-corrected chi connectivity index (χ1v) is 9.76. The third kappa shape index (κ3) is 2.77. The van der Waals surface area contributed by atoms with Gasteiger partial charge in [-0.25, -0.2) is 0 Å². The van der Waals surface area contributed by atoms with Crippen LogP contribution in [0.25, 0.3) is 0 Å². The zero-order valence-electron chi connectivity index (χ0n) is 9.21. The number of rotatable bonds is 4. The van der Waals surface area contributed by atoms with Crippen LogP contribution in [0.4, 0.5) is 0 Å². The molecule has 0 fully saturated rings.